The lowest BCUT2D eigenvalue weighted by Gasteiger charge is -2.30. The van der Waals surface area contributed by atoms with E-state index in [4.69, 9.17) is 11.6 Å². The van der Waals surface area contributed by atoms with Gasteiger partial charge in [-0.15, -0.1) is 0 Å². The summed E-state index contributed by atoms with van der Waals surface area (Å²) in [6, 6.07) is 7.35. The molecule has 0 bridgehead atoms. The van der Waals surface area contributed by atoms with Crippen molar-refractivity contribution in [3.05, 3.63) is 63.3 Å². The monoisotopic (exact) mass is 353 g/mol. The maximum atomic E-state index is 12.9. The molecule has 5 nitrogen and oxygen atoms in total. The van der Waals surface area contributed by atoms with Crippen molar-refractivity contribution >= 4 is 34.7 Å². The highest BCUT2D eigenvalue weighted by Crippen LogP contribution is 2.30. The topological polar surface area (TPSA) is 66.1 Å². The number of amides is 1. The lowest BCUT2D eigenvalue weighted by Crippen LogP contribution is -2.36. The zero-order valence-electron chi connectivity index (χ0n) is 13.7. The highest BCUT2D eigenvalue weighted by atomic mass is 35.5. The number of carbonyl (C=O) groups excluding carboxylic acids is 2. The molecule has 1 amide bonds. The predicted octanol–water partition coefficient (Wildman–Crippen LogP) is 3.54. The van der Waals surface area contributed by atoms with Crippen molar-refractivity contribution in [1.82, 2.24) is 15.1 Å². The number of carbonyl (C=O) groups is 2. The van der Waals surface area contributed by atoms with Crippen LogP contribution in [0.3, 0.4) is 0 Å². The van der Waals surface area contributed by atoms with Crippen molar-refractivity contribution in [2.24, 2.45) is 0 Å². The Balaban J connectivity index is 1.65. The lowest BCUT2D eigenvalue weighted by molar-refractivity contribution is 0.0734. The first kappa shape index (κ1) is 15.8. The quantitative estimate of drug-likeness (QED) is 0.717. The Labute approximate surface area is 149 Å². The minimum atomic E-state index is -0.0182. The molecule has 0 saturated carbocycles. The van der Waals surface area contributed by atoms with E-state index in [9.17, 15) is 9.59 Å². The normalized spacial score (nSPS) is 13.8. The molecule has 2 aromatic carbocycles. The fraction of sp³-hybridized carbons (Fsp3) is 0.211. The standard InChI is InChI=1S/C19H16ClN3O2/c1-11-15-4-5-23(9-14(15)6-17(20)16(11)10-24)19(25)12-2-3-13-8-21-22-18(13)7-12/h2-3,6-8,10H,4-5,9H2,1H3,(H,21,22). The summed E-state index contributed by atoms with van der Waals surface area (Å²) in [4.78, 5) is 25.9. The molecule has 3 aromatic rings. The van der Waals surface area contributed by atoms with Crippen LogP contribution in [0.15, 0.2) is 30.5 Å². The minimum Gasteiger partial charge on any atom is -0.334 e. The first-order valence-corrected chi connectivity index (χ1v) is 8.44. The maximum absolute atomic E-state index is 12.9. The Bertz CT molecular complexity index is 1010. The van der Waals surface area contributed by atoms with E-state index in [1.54, 1.807) is 6.20 Å². The van der Waals surface area contributed by atoms with Gasteiger partial charge in [0.25, 0.3) is 5.91 Å². The Morgan fingerprint density at radius 1 is 1.36 bits per heavy atom. The maximum Gasteiger partial charge on any atom is 0.254 e. The van der Waals surface area contributed by atoms with Gasteiger partial charge in [-0.1, -0.05) is 17.7 Å². The molecule has 0 aliphatic carbocycles. The molecule has 0 atom stereocenters. The summed E-state index contributed by atoms with van der Waals surface area (Å²) in [7, 11) is 0. The van der Waals surface area contributed by atoms with Crippen LogP contribution in [-0.4, -0.2) is 33.8 Å². The fourth-order valence-electron chi connectivity index (χ4n) is 3.49. The number of benzene rings is 2. The van der Waals surface area contributed by atoms with Gasteiger partial charge in [-0.05, 0) is 48.2 Å². The molecule has 1 aromatic heterocycles. The van der Waals surface area contributed by atoms with Crippen molar-refractivity contribution in [2.75, 3.05) is 6.54 Å². The van der Waals surface area contributed by atoms with Gasteiger partial charge in [0.1, 0.15) is 0 Å². The van der Waals surface area contributed by atoms with Gasteiger partial charge in [0.05, 0.1) is 16.7 Å². The zero-order valence-corrected chi connectivity index (χ0v) is 14.4. The van der Waals surface area contributed by atoms with Crippen molar-refractivity contribution in [3.63, 3.8) is 0 Å². The van der Waals surface area contributed by atoms with Gasteiger partial charge in [0, 0.05) is 29.6 Å². The van der Waals surface area contributed by atoms with E-state index in [1.807, 2.05) is 36.1 Å². The molecule has 0 fully saturated rings. The highest BCUT2D eigenvalue weighted by Gasteiger charge is 2.25. The molecule has 0 saturated heterocycles. The van der Waals surface area contributed by atoms with Gasteiger partial charge in [-0.25, -0.2) is 0 Å². The number of nitrogens with zero attached hydrogens (tertiary/aromatic N) is 2. The van der Waals surface area contributed by atoms with E-state index in [0.29, 0.717) is 29.2 Å². The fourth-order valence-corrected chi connectivity index (χ4v) is 3.81. The second kappa shape index (κ2) is 6.01. The second-order valence-electron chi connectivity index (χ2n) is 6.30. The molecular weight excluding hydrogens is 338 g/mol. The van der Waals surface area contributed by atoms with Gasteiger partial charge in [0.15, 0.2) is 6.29 Å². The number of hydrogen-bond acceptors (Lipinski definition) is 3. The van der Waals surface area contributed by atoms with E-state index >= 15 is 0 Å². The Morgan fingerprint density at radius 3 is 3.00 bits per heavy atom. The van der Waals surface area contributed by atoms with Gasteiger partial charge in [-0.2, -0.15) is 5.10 Å². The number of fused-ring (bicyclic) bond motifs is 2. The largest absolute Gasteiger partial charge is 0.334 e. The SMILES string of the molecule is Cc1c(C=O)c(Cl)cc2c1CCN(C(=O)c1ccc3cn[nH]c3c1)C2. The van der Waals surface area contributed by atoms with Gasteiger partial charge in [0.2, 0.25) is 0 Å². The van der Waals surface area contributed by atoms with Gasteiger partial charge < -0.3 is 4.90 Å². The predicted molar refractivity (Wildman–Crippen MR) is 96.1 cm³/mol. The molecule has 0 unspecified atom stereocenters. The average molecular weight is 354 g/mol. The lowest BCUT2D eigenvalue weighted by atomic mass is 9.91. The first-order chi connectivity index (χ1) is 12.1. The van der Waals surface area contributed by atoms with Crippen LogP contribution in [-0.2, 0) is 13.0 Å². The second-order valence-corrected chi connectivity index (χ2v) is 6.71. The van der Waals surface area contributed by atoms with E-state index < -0.39 is 0 Å². The number of aldehydes is 1. The van der Waals surface area contributed by atoms with Crippen molar-refractivity contribution in [2.45, 2.75) is 19.9 Å². The van der Waals surface area contributed by atoms with Crippen LogP contribution < -0.4 is 0 Å². The summed E-state index contributed by atoms with van der Waals surface area (Å²) in [6.45, 7) is 3.03. The summed E-state index contributed by atoms with van der Waals surface area (Å²) in [5.41, 5.74) is 5.08. The van der Waals surface area contributed by atoms with Crippen LogP contribution in [0.25, 0.3) is 10.9 Å². The Morgan fingerprint density at radius 2 is 2.20 bits per heavy atom. The van der Waals surface area contributed by atoms with Crippen molar-refractivity contribution < 1.29 is 9.59 Å². The van der Waals surface area contributed by atoms with Crippen LogP contribution >= 0.6 is 11.6 Å². The molecule has 25 heavy (non-hydrogen) atoms. The molecule has 126 valence electrons. The van der Waals surface area contributed by atoms with Crippen LogP contribution in [0, 0.1) is 6.92 Å². The van der Waals surface area contributed by atoms with Gasteiger partial charge in [-0.3, -0.25) is 14.7 Å². The van der Waals surface area contributed by atoms with Crippen LogP contribution in [0.4, 0.5) is 0 Å². The van der Waals surface area contributed by atoms with Gasteiger partial charge >= 0.3 is 0 Å². The van der Waals surface area contributed by atoms with Crippen LogP contribution in [0.2, 0.25) is 5.02 Å². The van der Waals surface area contributed by atoms with Crippen LogP contribution in [0.5, 0.6) is 0 Å². The molecule has 2 heterocycles. The number of rotatable bonds is 2. The van der Waals surface area contributed by atoms with E-state index in [0.717, 1.165) is 40.3 Å². The summed E-state index contributed by atoms with van der Waals surface area (Å²) in [5.74, 6) is -0.0182. The average Bonchev–Trinajstić information content (AvgIpc) is 3.08. The third kappa shape index (κ3) is 2.61. The number of hydrogen-bond donors (Lipinski definition) is 1. The third-order valence-corrected chi connectivity index (χ3v) is 5.20. The van der Waals surface area contributed by atoms with E-state index in [1.165, 1.54) is 0 Å². The molecule has 0 radical (unpaired) electrons. The number of H-pyrrole nitrogens is 1. The Kier molecular flexibility index (Phi) is 3.81. The molecule has 1 aliphatic rings. The number of aromatic amines is 1. The number of aromatic nitrogens is 2. The molecule has 6 heteroatoms. The molecule has 1 aliphatic heterocycles. The van der Waals surface area contributed by atoms with Crippen molar-refractivity contribution in [3.8, 4) is 0 Å². The highest BCUT2D eigenvalue weighted by molar-refractivity contribution is 6.33. The molecule has 1 N–H and O–H groups in total. The summed E-state index contributed by atoms with van der Waals surface area (Å²) >= 11 is 6.22. The van der Waals surface area contributed by atoms with Crippen molar-refractivity contribution in [1.29, 1.82) is 0 Å². The zero-order chi connectivity index (χ0) is 17.6. The Hall–Kier alpha value is -2.66. The van der Waals surface area contributed by atoms with E-state index in [-0.39, 0.29) is 5.91 Å². The molecule has 0 spiro atoms. The minimum absolute atomic E-state index is 0.0182. The molecular formula is C19H16ClN3O2. The van der Waals surface area contributed by atoms with E-state index in [2.05, 4.69) is 10.2 Å². The third-order valence-electron chi connectivity index (χ3n) is 4.89. The number of halogens is 1. The van der Waals surface area contributed by atoms with Crippen LogP contribution in [0.1, 0.15) is 37.4 Å². The number of nitrogens with one attached hydrogen (secondary N) is 1. The summed E-state index contributed by atoms with van der Waals surface area (Å²) in [5, 5.41) is 8.30. The first-order valence-electron chi connectivity index (χ1n) is 8.07. The smallest absolute Gasteiger partial charge is 0.254 e. The summed E-state index contributed by atoms with van der Waals surface area (Å²) < 4.78 is 0. The summed E-state index contributed by atoms with van der Waals surface area (Å²) in [6.07, 6.45) is 3.25. The molecule has 4 rings (SSSR count).